The molecular weight excluding hydrogens is 289 g/mol. The lowest BCUT2D eigenvalue weighted by Gasteiger charge is -2.17. The Kier molecular flexibility index (Phi) is 4.56. The number of hydrogen-bond donors (Lipinski definition) is 2. The maximum Gasteiger partial charge on any atom is 0.312 e. The van der Waals surface area contributed by atoms with Crippen molar-refractivity contribution in [1.29, 1.82) is 0 Å². The van der Waals surface area contributed by atoms with Crippen molar-refractivity contribution in [2.75, 3.05) is 0 Å². The molecule has 5 nitrogen and oxygen atoms in total. The lowest BCUT2D eigenvalue weighted by molar-refractivity contribution is -0.138. The molecule has 0 radical (unpaired) electrons. The van der Waals surface area contributed by atoms with Crippen LogP contribution in [0.2, 0.25) is 0 Å². The van der Waals surface area contributed by atoms with Gasteiger partial charge in [0.25, 0.3) is 0 Å². The summed E-state index contributed by atoms with van der Waals surface area (Å²) in [5, 5.41) is 9.22. The van der Waals surface area contributed by atoms with Crippen LogP contribution >= 0.6 is 7.37 Å². The molecule has 0 aliphatic heterocycles. The predicted molar refractivity (Wildman–Crippen MR) is 79.9 cm³/mol. The molecule has 0 saturated carbocycles. The van der Waals surface area contributed by atoms with E-state index in [2.05, 4.69) is 4.98 Å². The van der Waals surface area contributed by atoms with E-state index in [9.17, 15) is 14.3 Å². The first-order valence-corrected chi connectivity index (χ1v) is 8.30. The SMILES string of the molecule is CC(C(=O)O)c1ncccc1P(=O)(O)Cc1ccccc1. The summed E-state index contributed by atoms with van der Waals surface area (Å²) < 4.78 is 12.7. The Hall–Kier alpha value is -1.97. The standard InChI is InChI=1S/C15H16NO4P/c1-11(15(17)18)14-13(8-5-9-16-14)21(19,20)10-12-6-3-2-4-7-12/h2-9,11H,10H2,1H3,(H,17,18)(H,19,20). The maximum atomic E-state index is 12.7. The van der Waals surface area contributed by atoms with Crippen molar-refractivity contribution in [3.8, 4) is 0 Å². The summed E-state index contributed by atoms with van der Waals surface area (Å²) in [4.78, 5) is 25.5. The molecule has 2 N–H and O–H groups in total. The summed E-state index contributed by atoms with van der Waals surface area (Å²) in [6.07, 6.45) is 1.39. The van der Waals surface area contributed by atoms with Crippen LogP contribution in [0.1, 0.15) is 24.1 Å². The molecule has 110 valence electrons. The number of aliphatic carboxylic acids is 1. The summed E-state index contributed by atoms with van der Waals surface area (Å²) in [6.45, 7) is 1.46. The Morgan fingerprint density at radius 3 is 2.52 bits per heavy atom. The molecule has 1 aromatic heterocycles. The Morgan fingerprint density at radius 1 is 1.24 bits per heavy atom. The molecule has 0 aliphatic carbocycles. The maximum absolute atomic E-state index is 12.7. The van der Waals surface area contributed by atoms with Gasteiger partial charge in [0, 0.05) is 6.20 Å². The Morgan fingerprint density at radius 2 is 1.90 bits per heavy atom. The van der Waals surface area contributed by atoms with Gasteiger partial charge in [-0.05, 0) is 24.6 Å². The number of carbonyl (C=O) groups is 1. The first kappa shape index (κ1) is 15.4. The van der Waals surface area contributed by atoms with E-state index in [1.165, 1.54) is 19.2 Å². The molecule has 1 aromatic carbocycles. The van der Waals surface area contributed by atoms with Crippen molar-refractivity contribution in [3.63, 3.8) is 0 Å². The van der Waals surface area contributed by atoms with Gasteiger partial charge in [-0.25, -0.2) is 0 Å². The molecular formula is C15H16NO4P. The van der Waals surface area contributed by atoms with Crippen molar-refractivity contribution in [1.82, 2.24) is 4.98 Å². The fourth-order valence-corrected chi connectivity index (χ4v) is 3.88. The van der Waals surface area contributed by atoms with Crippen molar-refractivity contribution in [3.05, 3.63) is 59.9 Å². The van der Waals surface area contributed by atoms with E-state index in [0.29, 0.717) is 0 Å². The quantitative estimate of drug-likeness (QED) is 0.828. The van der Waals surface area contributed by atoms with Crippen LogP contribution < -0.4 is 5.30 Å². The zero-order valence-corrected chi connectivity index (χ0v) is 12.4. The molecule has 2 rings (SSSR count). The van der Waals surface area contributed by atoms with Crippen molar-refractivity contribution in [2.24, 2.45) is 0 Å². The van der Waals surface area contributed by atoms with Gasteiger partial charge in [0.2, 0.25) is 7.37 Å². The lowest BCUT2D eigenvalue weighted by atomic mass is 10.1. The number of carboxylic acids is 1. The zero-order chi connectivity index (χ0) is 15.5. The Balaban J connectivity index is 2.41. The minimum atomic E-state index is -3.72. The summed E-state index contributed by atoms with van der Waals surface area (Å²) in [5.74, 6) is -2.01. The minimum Gasteiger partial charge on any atom is -0.481 e. The molecule has 2 aromatic rings. The van der Waals surface area contributed by atoms with Crippen molar-refractivity contribution >= 4 is 18.6 Å². The van der Waals surface area contributed by atoms with Gasteiger partial charge in [-0.3, -0.25) is 14.3 Å². The van der Waals surface area contributed by atoms with Crippen LogP contribution in [0.25, 0.3) is 0 Å². The summed E-state index contributed by atoms with van der Waals surface area (Å²) >= 11 is 0. The molecule has 0 bridgehead atoms. The highest BCUT2D eigenvalue weighted by Gasteiger charge is 2.29. The second-order valence-corrected chi connectivity index (χ2v) is 7.01. The minimum absolute atomic E-state index is 0.0428. The monoisotopic (exact) mass is 305 g/mol. The van der Waals surface area contributed by atoms with Crippen LogP contribution in [0, 0.1) is 0 Å². The largest absolute Gasteiger partial charge is 0.481 e. The van der Waals surface area contributed by atoms with E-state index in [0.717, 1.165) is 5.56 Å². The van der Waals surface area contributed by atoms with Gasteiger partial charge in [-0.2, -0.15) is 0 Å². The van der Waals surface area contributed by atoms with Crippen molar-refractivity contribution in [2.45, 2.75) is 19.0 Å². The number of hydrogen-bond acceptors (Lipinski definition) is 3. The number of rotatable bonds is 5. The number of pyridine rings is 1. The van der Waals surface area contributed by atoms with E-state index >= 15 is 0 Å². The lowest BCUT2D eigenvalue weighted by Crippen LogP contribution is -2.21. The first-order chi connectivity index (χ1) is 9.92. The van der Waals surface area contributed by atoms with Crippen LogP contribution in [-0.4, -0.2) is 21.0 Å². The fraction of sp³-hybridized carbons (Fsp3) is 0.200. The molecule has 6 heteroatoms. The number of aromatic nitrogens is 1. The molecule has 2 atom stereocenters. The first-order valence-electron chi connectivity index (χ1n) is 6.46. The van der Waals surface area contributed by atoms with Crippen LogP contribution in [0.3, 0.4) is 0 Å². The molecule has 0 saturated heterocycles. The smallest absolute Gasteiger partial charge is 0.312 e. The number of nitrogens with zero attached hydrogens (tertiary/aromatic N) is 1. The van der Waals surface area contributed by atoms with Gasteiger partial charge in [-0.1, -0.05) is 30.3 Å². The van der Waals surface area contributed by atoms with Gasteiger partial charge < -0.3 is 10.00 Å². The molecule has 1 heterocycles. The highest BCUT2D eigenvalue weighted by molar-refractivity contribution is 7.65. The normalized spacial score (nSPS) is 15.1. The Bertz CT molecular complexity index is 687. The summed E-state index contributed by atoms with van der Waals surface area (Å²) in [7, 11) is -3.72. The van der Waals surface area contributed by atoms with Crippen LogP contribution in [0.5, 0.6) is 0 Å². The topological polar surface area (TPSA) is 87.5 Å². The van der Waals surface area contributed by atoms with Gasteiger partial charge in [0.1, 0.15) is 0 Å². The third-order valence-electron chi connectivity index (χ3n) is 3.21. The molecule has 0 fully saturated rings. The van der Waals surface area contributed by atoms with E-state index in [4.69, 9.17) is 5.11 Å². The second kappa shape index (κ2) is 6.20. The summed E-state index contributed by atoms with van der Waals surface area (Å²) in [6, 6.07) is 12.0. The third kappa shape index (κ3) is 3.57. The highest BCUT2D eigenvalue weighted by atomic mass is 31.2. The predicted octanol–water partition coefficient (Wildman–Crippen LogP) is 2.37. The number of benzene rings is 1. The third-order valence-corrected chi connectivity index (χ3v) is 5.14. The van der Waals surface area contributed by atoms with Crippen LogP contribution in [-0.2, 0) is 15.5 Å². The molecule has 0 amide bonds. The van der Waals surface area contributed by atoms with E-state index < -0.39 is 19.3 Å². The second-order valence-electron chi connectivity index (χ2n) is 4.81. The van der Waals surface area contributed by atoms with Crippen LogP contribution in [0.15, 0.2) is 48.7 Å². The molecule has 0 spiro atoms. The van der Waals surface area contributed by atoms with E-state index in [-0.39, 0.29) is 17.2 Å². The zero-order valence-electron chi connectivity index (χ0n) is 11.5. The fourth-order valence-electron chi connectivity index (χ4n) is 2.07. The van der Waals surface area contributed by atoms with Gasteiger partial charge in [0.15, 0.2) is 0 Å². The van der Waals surface area contributed by atoms with Gasteiger partial charge in [0.05, 0.1) is 23.1 Å². The van der Waals surface area contributed by atoms with Crippen LogP contribution in [0.4, 0.5) is 0 Å². The van der Waals surface area contributed by atoms with Gasteiger partial charge in [-0.15, -0.1) is 0 Å². The van der Waals surface area contributed by atoms with Gasteiger partial charge >= 0.3 is 5.97 Å². The Labute approximate surface area is 122 Å². The summed E-state index contributed by atoms with van der Waals surface area (Å²) in [5.41, 5.74) is 0.868. The molecule has 0 aliphatic rings. The average Bonchev–Trinajstić information content (AvgIpc) is 2.47. The van der Waals surface area contributed by atoms with E-state index in [1.807, 2.05) is 6.07 Å². The number of carboxylic acid groups (broad SMARTS) is 1. The average molecular weight is 305 g/mol. The highest BCUT2D eigenvalue weighted by Crippen LogP contribution is 2.44. The molecule has 21 heavy (non-hydrogen) atoms. The van der Waals surface area contributed by atoms with E-state index in [1.54, 1.807) is 30.3 Å². The molecule has 2 unspecified atom stereocenters. The van der Waals surface area contributed by atoms with Crippen molar-refractivity contribution < 1.29 is 19.4 Å².